The number of anilines is 1. The number of urea groups is 1. The molecule has 1 fully saturated rings. The van der Waals surface area contributed by atoms with E-state index in [1.54, 1.807) is 19.1 Å². The Balaban J connectivity index is 1.45. The number of fused-ring (bicyclic) bond motifs is 1. The molecule has 3 aromatic rings. The van der Waals surface area contributed by atoms with Gasteiger partial charge >= 0.3 is 6.03 Å². The molecule has 2 aromatic carbocycles. The van der Waals surface area contributed by atoms with Gasteiger partial charge in [-0.3, -0.25) is 14.5 Å². The molecule has 0 unspecified atom stereocenters. The second-order valence-electron chi connectivity index (χ2n) is 7.34. The summed E-state index contributed by atoms with van der Waals surface area (Å²) in [6.45, 7) is 1.39. The molecule has 1 aliphatic heterocycles. The number of nitrogens with one attached hydrogen (secondary N) is 3. The largest absolute Gasteiger partial charge is 0.495 e. The van der Waals surface area contributed by atoms with Gasteiger partial charge in [-0.25, -0.2) is 4.79 Å². The monoisotopic (exact) mass is 440 g/mol. The zero-order chi connectivity index (χ0) is 22.1. The van der Waals surface area contributed by atoms with Crippen molar-refractivity contribution in [2.24, 2.45) is 0 Å². The van der Waals surface area contributed by atoms with Crippen LogP contribution in [0.15, 0.2) is 42.6 Å². The molecule has 31 heavy (non-hydrogen) atoms. The number of H-pyrrole nitrogens is 1. The Bertz CT molecular complexity index is 1190. The van der Waals surface area contributed by atoms with Crippen molar-refractivity contribution in [2.45, 2.75) is 19.4 Å². The quantitative estimate of drug-likeness (QED) is 0.512. The number of aryl methyl sites for hydroxylation is 1. The number of halogens is 1. The van der Waals surface area contributed by atoms with Gasteiger partial charge in [-0.05, 0) is 30.2 Å². The highest BCUT2D eigenvalue weighted by Gasteiger charge is 2.39. The summed E-state index contributed by atoms with van der Waals surface area (Å²) in [6.07, 6.45) is 2.16. The van der Waals surface area contributed by atoms with Crippen LogP contribution in [0.4, 0.5) is 10.5 Å². The predicted octanol–water partition coefficient (Wildman–Crippen LogP) is 3.24. The molecular weight excluding hydrogens is 420 g/mol. The number of para-hydroxylation sites is 1. The summed E-state index contributed by atoms with van der Waals surface area (Å²) in [7, 11) is 1.46. The summed E-state index contributed by atoms with van der Waals surface area (Å²) < 4.78 is 5.24. The van der Waals surface area contributed by atoms with Crippen LogP contribution in [0.5, 0.6) is 5.75 Å². The van der Waals surface area contributed by atoms with E-state index in [0.29, 0.717) is 22.9 Å². The number of rotatable bonds is 6. The number of aromatic nitrogens is 1. The van der Waals surface area contributed by atoms with Crippen molar-refractivity contribution in [3.63, 3.8) is 0 Å². The van der Waals surface area contributed by atoms with Crippen LogP contribution < -0.4 is 15.4 Å². The van der Waals surface area contributed by atoms with Crippen molar-refractivity contribution in [1.29, 1.82) is 0 Å². The number of carbonyl (C=O) groups is 3. The van der Waals surface area contributed by atoms with E-state index < -0.39 is 30.4 Å². The third-order valence-corrected chi connectivity index (χ3v) is 5.67. The minimum Gasteiger partial charge on any atom is -0.495 e. The van der Waals surface area contributed by atoms with Gasteiger partial charge < -0.3 is 20.4 Å². The van der Waals surface area contributed by atoms with Gasteiger partial charge in [0.15, 0.2) is 0 Å². The molecule has 0 spiro atoms. The normalized spacial score (nSPS) is 16.0. The molecule has 1 aliphatic rings. The van der Waals surface area contributed by atoms with E-state index in [0.717, 1.165) is 26.9 Å². The minimum atomic E-state index is -0.730. The molecule has 0 saturated carbocycles. The van der Waals surface area contributed by atoms with Crippen molar-refractivity contribution >= 4 is 46.0 Å². The number of carbonyl (C=O) groups excluding carboxylic acids is 3. The van der Waals surface area contributed by atoms with Crippen molar-refractivity contribution in [3.05, 3.63) is 58.7 Å². The average molecular weight is 441 g/mol. The molecule has 9 heteroatoms. The van der Waals surface area contributed by atoms with Crippen LogP contribution >= 0.6 is 11.6 Å². The lowest BCUT2D eigenvalue weighted by molar-refractivity contribution is -0.130. The van der Waals surface area contributed by atoms with Crippen molar-refractivity contribution in [1.82, 2.24) is 15.2 Å². The highest BCUT2D eigenvalue weighted by atomic mass is 35.5. The topological polar surface area (TPSA) is 104 Å². The fraction of sp³-hybridized carbons (Fsp3) is 0.227. The Morgan fingerprint density at radius 3 is 2.81 bits per heavy atom. The fourth-order valence-corrected chi connectivity index (χ4v) is 3.80. The average Bonchev–Trinajstić information content (AvgIpc) is 3.27. The second kappa shape index (κ2) is 8.31. The minimum absolute atomic E-state index is 0.330. The highest BCUT2D eigenvalue weighted by Crippen LogP contribution is 2.31. The van der Waals surface area contributed by atoms with E-state index in [4.69, 9.17) is 16.3 Å². The van der Waals surface area contributed by atoms with E-state index >= 15 is 0 Å². The third-order valence-electron chi connectivity index (χ3n) is 5.26. The van der Waals surface area contributed by atoms with Crippen LogP contribution in [0.25, 0.3) is 10.9 Å². The van der Waals surface area contributed by atoms with E-state index in [1.165, 1.54) is 7.11 Å². The molecule has 1 saturated heterocycles. The molecule has 0 radical (unpaired) electrons. The molecular formula is C22H21ClN4O4. The molecule has 4 rings (SSSR count). The Morgan fingerprint density at radius 2 is 2.03 bits per heavy atom. The van der Waals surface area contributed by atoms with Gasteiger partial charge in [-0.2, -0.15) is 0 Å². The van der Waals surface area contributed by atoms with Crippen LogP contribution in [0, 0.1) is 6.92 Å². The lowest BCUT2D eigenvalue weighted by atomic mass is 10.1. The number of amides is 4. The Morgan fingerprint density at radius 1 is 1.26 bits per heavy atom. The number of aromatic amines is 1. The molecule has 0 aliphatic carbocycles. The van der Waals surface area contributed by atoms with Gasteiger partial charge in [-0.1, -0.05) is 29.8 Å². The standard InChI is InChI=1S/C22H21ClN4O4/c1-12-7-17(19(31-2)9-15(12)23)25-20(28)11-27-21(29)18(26-22(27)30)8-13-10-24-16-6-4-3-5-14(13)16/h3-7,9-10,18,24H,8,11H2,1-2H3,(H,25,28)(H,26,30)/t18-/m1/s1. The van der Waals surface area contributed by atoms with E-state index in [1.807, 2.05) is 30.5 Å². The maximum atomic E-state index is 12.8. The smallest absolute Gasteiger partial charge is 0.325 e. The maximum Gasteiger partial charge on any atom is 0.325 e. The third kappa shape index (κ3) is 4.06. The first kappa shape index (κ1) is 20.7. The number of methoxy groups -OCH3 is 1. The molecule has 1 atom stereocenters. The number of imide groups is 1. The first-order valence-corrected chi connectivity index (χ1v) is 10.1. The lowest BCUT2D eigenvalue weighted by Gasteiger charge is -2.15. The number of ether oxygens (including phenoxy) is 1. The van der Waals surface area contributed by atoms with Crippen molar-refractivity contribution in [3.8, 4) is 5.75 Å². The van der Waals surface area contributed by atoms with Gasteiger partial charge in [0, 0.05) is 34.6 Å². The summed E-state index contributed by atoms with van der Waals surface area (Å²) in [5.41, 5.74) is 3.04. The fourth-order valence-electron chi connectivity index (χ4n) is 3.65. The highest BCUT2D eigenvalue weighted by molar-refractivity contribution is 6.31. The number of nitrogens with zero attached hydrogens (tertiary/aromatic N) is 1. The summed E-state index contributed by atoms with van der Waals surface area (Å²) in [6, 6.07) is 9.67. The van der Waals surface area contributed by atoms with E-state index in [2.05, 4.69) is 15.6 Å². The van der Waals surface area contributed by atoms with Crippen LogP contribution in [0.2, 0.25) is 5.02 Å². The zero-order valence-electron chi connectivity index (χ0n) is 17.0. The maximum absolute atomic E-state index is 12.8. The first-order valence-electron chi connectivity index (χ1n) is 9.68. The zero-order valence-corrected chi connectivity index (χ0v) is 17.7. The summed E-state index contributed by atoms with van der Waals surface area (Å²) in [5, 5.41) is 6.84. The van der Waals surface area contributed by atoms with E-state index in [9.17, 15) is 14.4 Å². The molecule has 1 aromatic heterocycles. The molecule has 2 heterocycles. The van der Waals surface area contributed by atoms with Gasteiger partial charge in [0.25, 0.3) is 5.91 Å². The van der Waals surface area contributed by atoms with Crippen LogP contribution in [0.1, 0.15) is 11.1 Å². The van der Waals surface area contributed by atoms with Crippen molar-refractivity contribution in [2.75, 3.05) is 19.0 Å². The SMILES string of the molecule is COc1cc(Cl)c(C)cc1NC(=O)CN1C(=O)N[C@H](Cc2c[nH]c3ccccc23)C1=O. The van der Waals surface area contributed by atoms with Crippen molar-refractivity contribution < 1.29 is 19.1 Å². The molecule has 4 amide bonds. The van der Waals surface area contributed by atoms with Gasteiger partial charge in [0.1, 0.15) is 18.3 Å². The van der Waals surface area contributed by atoms with Crippen LogP contribution in [0.3, 0.4) is 0 Å². The Hall–Kier alpha value is -3.52. The van der Waals surface area contributed by atoms with E-state index in [-0.39, 0.29) is 0 Å². The van der Waals surface area contributed by atoms with Crippen LogP contribution in [-0.2, 0) is 16.0 Å². The first-order chi connectivity index (χ1) is 14.9. The Labute approximate surface area is 183 Å². The van der Waals surface area contributed by atoms with Crippen LogP contribution in [-0.4, -0.2) is 47.4 Å². The summed E-state index contributed by atoms with van der Waals surface area (Å²) in [5.74, 6) is -0.570. The molecule has 160 valence electrons. The predicted molar refractivity (Wildman–Crippen MR) is 117 cm³/mol. The molecule has 8 nitrogen and oxygen atoms in total. The molecule has 3 N–H and O–H groups in total. The summed E-state index contributed by atoms with van der Waals surface area (Å²) in [4.78, 5) is 41.8. The number of benzene rings is 2. The lowest BCUT2D eigenvalue weighted by Crippen LogP contribution is -2.38. The van der Waals surface area contributed by atoms with Gasteiger partial charge in [-0.15, -0.1) is 0 Å². The second-order valence-corrected chi connectivity index (χ2v) is 7.75. The number of hydrogen-bond acceptors (Lipinski definition) is 4. The van der Waals surface area contributed by atoms with Gasteiger partial charge in [0.05, 0.1) is 12.8 Å². The Kier molecular flexibility index (Phi) is 5.56. The number of hydrogen-bond donors (Lipinski definition) is 3. The summed E-state index contributed by atoms with van der Waals surface area (Å²) >= 11 is 6.09. The molecule has 0 bridgehead atoms. The van der Waals surface area contributed by atoms with Gasteiger partial charge in [0.2, 0.25) is 5.91 Å².